The number of aryl methyl sites for hydroxylation is 2. The minimum atomic E-state index is -0.345. The number of rotatable bonds is 3. The summed E-state index contributed by atoms with van der Waals surface area (Å²) in [6.45, 7) is 9.50. The molecule has 0 saturated carbocycles. The van der Waals surface area contributed by atoms with Gasteiger partial charge in [-0.15, -0.1) is 0 Å². The molecule has 1 fully saturated rings. The summed E-state index contributed by atoms with van der Waals surface area (Å²) in [5.41, 5.74) is 9.69. The molecule has 1 aliphatic heterocycles. The third-order valence-electron chi connectivity index (χ3n) is 4.05. The van der Waals surface area contributed by atoms with Gasteiger partial charge in [-0.3, -0.25) is 4.79 Å². The van der Waals surface area contributed by atoms with Crippen LogP contribution >= 0.6 is 0 Å². The first kappa shape index (κ1) is 14.9. The first-order chi connectivity index (χ1) is 9.52. The van der Waals surface area contributed by atoms with Gasteiger partial charge < -0.3 is 15.5 Å². The van der Waals surface area contributed by atoms with Gasteiger partial charge in [0, 0.05) is 31.9 Å². The molecule has 20 heavy (non-hydrogen) atoms. The highest BCUT2D eigenvalue weighted by atomic mass is 16.2. The summed E-state index contributed by atoms with van der Waals surface area (Å²) < 4.78 is 0. The summed E-state index contributed by atoms with van der Waals surface area (Å²) in [7, 11) is 0. The number of piperazine rings is 1. The standard InChI is InChI=1S/C16H25N3O/c1-4-14(17)16(20)19-9-7-18(8-10-19)15-11-12(2)5-6-13(15)3/h5-6,11,14H,4,7-10,17H2,1-3H3/t14-/m1/s1. The molecule has 1 aromatic carbocycles. The Bertz CT molecular complexity index is 479. The number of carbonyl (C=O) groups excluding carboxylic acids is 1. The van der Waals surface area contributed by atoms with E-state index in [2.05, 4.69) is 36.9 Å². The molecule has 1 heterocycles. The van der Waals surface area contributed by atoms with Crippen molar-refractivity contribution in [1.29, 1.82) is 0 Å². The van der Waals surface area contributed by atoms with Crippen molar-refractivity contribution in [3.05, 3.63) is 29.3 Å². The molecule has 1 aliphatic rings. The lowest BCUT2D eigenvalue weighted by atomic mass is 10.1. The Labute approximate surface area is 121 Å². The lowest BCUT2D eigenvalue weighted by Gasteiger charge is -2.37. The SMILES string of the molecule is CC[C@@H](N)C(=O)N1CCN(c2cc(C)ccc2C)CC1. The second-order valence-corrected chi connectivity index (χ2v) is 5.62. The topological polar surface area (TPSA) is 49.6 Å². The smallest absolute Gasteiger partial charge is 0.239 e. The van der Waals surface area contributed by atoms with Crippen LogP contribution in [0.4, 0.5) is 5.69 Å². The van der Waals surface area contributed by atoms with Crippen LogP contribution in [-0.4, -0.2) is 43.0 Å². The van der Waals surface area contributed by atoms with E-state index in [9.17, 15) is 4.79 Å². The zero-order chi connectivity index (χ0) is 14.7. The molecule has 0 unspecified atom stereocenters. The van der Waals surface area contributed by atoms with E-state index < -0.39 is 0 Å². The highest BCUT2D eigenvalue weighted by molar-refractivity contribution is 5.81. The van der Waals surface area contributed by atoms with Gasteiger partial charge in [0.05, 0.1) is 6.04 Å². The number of amides is 1. The molecule has 0 aliphatic carbocycles. The largest absolute Gasteiger partial charge is 0.368 e. The Morgan fingerprint density at radius 1 is 1.25 bits per heavy atom. The molecule has 4 heteroatoms. The zero-order valence-corrected chi connectivity index (χ0v) is 12.7. The number of nitrogens with zero attached hydrogens (tertiary/aromatic N) is 2. The van der Waals surface area contributed by atoms with Crippen LogP contribution in [0.3, 0.4) is 0 Å². The van der Waals surface area contributed by atoms with Gasteiger partial charge in [0.2, 0.25) is 5.91 Å². The summed E-state index contributed by atoms with van der Waals surface area (Å²) in [6, 6.07) is 6.18. The van der Waals surface area contributed by atoms with Gasteiger partial charge in [0.1, 0.15) is 0 Å². The van der Waals surface area contributed by atoms with Crippen LogP contribution in [0.25, 0.3) is 0 Å². The Balaban J connectivity index is 2.01. The molecular formula is C16H25N3O. The third-order valence-corrected chi connectivity index (χ3v) is 4.05. The van der Waals surface area contributed by atoms with Gasteiger partial charge in [-0.2, -0.15) is 0 Å². The molecular weight excluding hydrogens is 250 g/mol. The average molecular weight is 275 g/mol. The number of carbonyl (C=O) groups is 1. The van der Waals surface area contributed by atoms with Crippen molar-refractivity contribution in [3.63, 3.8) is 0 Å². The highest BCUT2D eigenvalue weighted by Gasteiger charge is 2.24. The molecule has 1 atom stereocenters. The number of nitrogens with two attached hydrogens (primary N) is 1. The van der Waals surface area contributed by atoms with Crippen molar-refractivity contribution in [2.24, 2.45) is 5.73 Å². The van der Waals surface area contributed by atoms with Crippen LogP contribution < -0.4 is 10.6 Å². The highest BCUT2D eigenvalue weighted by Crippen LogP contribution is 2.22. The van der Waals surface area contributed by atoms with Gasteiger partial charge in [0.25, 0.3) is 0 Å². The van der Waals surface area contributed by atoms with Gasteiger partial charge in [0.15, 0.2) is 0 Å². The molecule has 110 valence electrons. The van der Waals surface area contributed by atoms with E-state index >= 15 is 0 Å². The molecule has 2 N–H and O–H groups in total. The normalized spacial score (nSPS) is 17.2. The van der Waals surface area contributed by atoms with Gasteiger partial charge in [-0.1, -0.05) is 19.1 Å². The molecule has 0 aromatic heterocycles. The number of anilines is 1. The lowest BCUT2D eigenvalue weighted by Crippen LogP contribution is -2.53. The molecule has 2 rings (SSSR count). The quantitative estimate of drug-likeness (QED) is 0.913. The third kappa shape index (κ3) is 3.12. The molecule has 0 bridgehead atoms. The van der Waals surface area contributed by atoms with Crippen LogP contribution in [0.2, 0.25) is 0 Å². The molecule has 1 aromatic rings. The lowest BCUT2D eigenvalue weighted by molar-refractivity contribution is -0.132. The van der Waals surface area contributed by atoms with E-state index in [0.29, 0.717) is 6.42 Å². The van der Waals surface area contributed by atoms with Crippen LogP contribution in [0.15, 0.2) is 18.2 Å². The maximum Gasteiger partial charge on any atom is 0.239 e. The minimum Gasteiger partial charge on any atom is -0.368 e. The van der Waals surface area contributed by atoms with E-state index in [1.165, 1.54) is 16.8 Å². The summed E-state index contributed by atoms with van der Waals surface area (Å²) in [6.07, 6.45) is 0.704. The van der Waals surface area contributed by atoms with E-state index in [1.807, 2.05) is 11.8 Å². The fourth-order valence-corrected chi connectivity index (χ4v) is 2.64. The van der Waals surface area contributed by atoms with E-state index in [0.717, 1.165) is 26.2 Å². The second kappa shape index (κ2) is 6.27. The van der Waals surface area contributed by atoms with E-state index in [4.69, 9.17) is 5.73 Å². The Hall–Kier alpha value is -1.55. The fourth-order valence-electron chi connectivity index (χ4n) is 2.64. The van der Waals surface area contributed by atoms with Crippen molar-refractivity contribution in [1.82, 2.24) is 4.90 Å². The van der Waals surface area contributed by atoms with Gasteiger partial charge in [-0.25, -0.2) is 0 Å². The summed E-state index contributed by atoms with van der Waals surface area (Å²) in [5, 5.41) is 0. The average Bonchev–Trinajstić information content (AvgIpc) is 2.48. The Morgan fingerprint density at radius 2 is 1.90 bits per heavy atom. The number of benzene rings is 1. The van der Waals surface area contributed by atoms with Crippen molar-refractivity contribution in [3.8, 4) is 0 Å². The summed E-state index contributed by atoms with van der Waals surface area (Å²) in [4.78, 5) is 16.3. The molecule has 1 amide bonds. The second-order valence-electron chi connectivity index (χ2n) is 5.62. The van der Waals surface area contributed by atoms with Crippen molar-refractivity contribution in [2.45, 2.75) is 33.2 Å². The predicted octanol–water partition coefficient (Wildman–Crippen LogP) is 1.69. The molecule has 0 spiro atoms. The van der Waals surface area contributed by atoms with Crippen LogP contribution in [-0.2, 0) is 4.79 Å². The van der Waals surface area contributed by atoms with Crippen molar-refractivity contribution < 1.29 is 4.79 Å². The zero-order valence-electron chi connectivity index (χ0n) is 12.7. The summed E-state index contributed by atoms with van der Waals surface area (Å²) >= 11 is 0. The Morgan fingerprint density at radius 3 is 2.50 bits per heavy atom. The monoisotopic (exact) mass is 275 g/mol. The summed E-state index contributed by atoms with van der Waals surface area (Å²) in [5.74, 6) is 0.0908. The van der Waals surface area contributed by atoms with Crippen LogP contribution in [0.1, 0.15) is 24.5 Å². The number of hydrogen-bond donors (Lipinski definition) is 1. The first-order valence-electron chi connectivity index (χ1n) is 7.39. The number of hydrogen-bond acceptors (Lipinski definition) is 3. The minimum absolute atomic E-state index is 0.0908. The maximum absolute atomic E-state index is 12.1. The predicted molar refractivity (Wildman–Crippen MR) is 83.0 cm³/mol. The fraction of sp³-hybridized carbons (Fsp3) is 0.562. The molecule has 1 saturated heterocycles. The van der Waals surface area contributed by atoms with E-state index in [-0.39, 0.29) is 11.9 Å². The molecule has 4 nitrogen and oxygen atoms in total. The van der Waals surface area contributed by atoms with E-state index in [1.54, 1.807) is 0 Å². The van der Waals surface area contributed by atoms with Crippen molar-refractivity contribution >= 4 is 11.6 Å². The van der Waals surface area contributed by atoms with Crippen molar-refractivity contribution in [2.75, 3.05) is 31.1 Å². The first-order valence-corrected chi connectivity index (χ1v) is 7.39. The van der Waals surface area contributed by atoms with Gasteiger partial charge >= 0.3 is 0 Å². The molecule has 0 radical (unpaired) electrons. The maximum atomic E-state index is 12.1. The Kier molecular flexibility index (Phi) is 4.65. The van der Waals surface area contributed by atoms with Crippen LogP contribution in [0.5, 0.6) is 0 Å². The van der Waals surface area contributed by atoms with Gasteiger partial charge in [-0.05, 0) is 37.5 Å². The van der Waals surface area contributed by atoms with Crippen LogP contribution in [0, 0.1) is 13.8 Å².